The molecule has 0 spiro atoms. The summed E-state index contributed by atoms with van der Waals surface area (Å²) in [6.07, 6.45) is 4.38. The van der Waals surface area contributed by atoms with Gasteiger partial charge < -0.3 is 5.32 Å². The number of nitrogens with zero attached hydrogens (tertiary/aromatic N) is 1. The summed E-state index contributed by atoms with van der Waals surface area (Å²) in [6, 6.07) is 4.26. The van der Waals surface area contributed by atoms with E-state index < -0.39 is 0 Å². The van der Waals surface area contributed by atoms with Crippen LogP contribution in [-0.2, 0) is 0 Å². The van der Waals surface area contributed by atoms with Crippen LogP contribution in [0.15, 0.2) is 23.7 Å². The summed E-state index contributed by atoms with van der Waals surface area (Å²) >= 11 is 1.78. The van der Waals surface area contributed by atoms with Crippen molar-refractivity contribution >= 4 is 11.3 Å². The van der Waals surface area contributed by atoms with Crippen LogP contribution < -0.4 is 5.32 Å². The minimum atomic E-state index is 0.640. The third-order valence-corrected chi connectivity index (χ3v) is 4.11. The van der Waals surface area contributed by atoms with E-state index in [-0.39, 0.29) is 0 Å². The molecule has 0 aliphatic carbocycles. The summed E-state index contributed by atoms with van der Waals surface area (Å²) in [6.45, 7) is 2.24. The third-order valence-electron chi connectivity index (χ3n) is 3.20. The van der Waals surface area contributed by atoms with Crippen molar-refractivity contribution in [2.75, 3.05) is 13.1 Å². The molecule has 0 bridgehead atoms. The second kappa shape index (κ2) is 4.39. The molecule has 0 atom stereocenters. The lowest BCUT2D eigenvalue weighted by Crippen LogP contribution is -2.27. The number of aromatic nitrogens is 2. The number of piperidine rings is 1. The zero-order valence-corrected chi connectivity index (χ0v) is 9.89. The molecule has 2 aromatic heterocycles. The molecular weight excluding hydrogens is 218 g/mol. The lowest BCUT2D eigenvalue weighted by molar-refractivity contribution is 0.453. The van der Waals surface area contributed by atoms with Gasteiger partial charge in [0.2, 0.25) is 0 Å². The van der Waals surface area contributed by atoms with Gasteiger partial charge in [0.05, 0.1) is 6.20 Å². The first-order valence-corrected chi connectivity index (χ1v) is 6.61. The minimum absolute atomic E-state index is 0.640. The monoisotopic (exact) mass is 233 g/mol. The average Bonchev–Trinajstić information content (AvgIpc) is 3.01. The summed E-state index contributed by atoms with van der Waals surface area (Å²) in [5, 5.41) is 12.9. The number of H-pyrrole nitrogens is 1. The molecule has 1 saturated heterocycles. The van der Waals surface area contributed by atoms with Crippen molar-refractivity contribution in [3.63, 3.8) is 0 Å². The Morgan fingerprint density at radius 3 is 2.94 bits per heavy atom. The average molecular weight is 233 g/mol. The molecule has 2 aromatic rings. The van der Waals surface area contributed by atoms with Crippen LogP contribution in [0.25, 0.3) is 10.4 Å². The normalized spacial score (nSPS) is 17.8. The molecule has 2 N–H and O–H groups in total. The number of nitrogens with one attached hydrogen (secondary N) is 2. The molecule has 1 aliphatic heterocycles. The van der Waals surface area contributed by atoms with Gasteiger partial charge in [-0.3, -0.25) is 5.10 Å². The highest BCUT2D eigenvalue weighted by molar-refractivity contribution is 7.13. The van der Waals surface area contributed by atoms with E-state index in [9.17, 15) is 0 Å². The van der Waals surface area contributed by atoms with Gasteiger partial charge in [-0.1, -0.05) is 6.07 Å². The van der Waals surface area contributed by atoms with Crippen molar-refractivity contribution in [1.82, 2.24) is 15.5 Å². The van der Waals surface area contributed by atoms with Gasteiger partial charge in [-0.05, 0) is 37.4 Å². The smallest absolute Gasteiger partial charge is 0.0577 e. The Hall–Kier alpha value is -1.13. The Kier molecular flexibility index (Phi) is 2.76. The van der Waals surface area contributed by atoms with Gasteiger partial charge in [0.25, 0.3) is 0 Å². The maximum atomic E-state index is 4.21. The number of hydrogen-bond donors (Lipinski definition) is 2. The molecule has 0 aromatic carbocycles. The van der Waals surface area contributed by atoms with Crippen LogP contribution in [0.3, 0.4) is 0 Å². The first-order valence-electron chi connectivity index (χ1n) is 5.73. The van der Waals surface area contributed by atoms with Gasteiger partial charge in [-0.2, -0.15) is 5.10 Å². The summed E-state index contributed by atoms with van der Waals surface area (Å²) in [7, 11) is 0. The lowest BCUT2D eigenvalue weighted by atomic mass is 9.92. The van der Waals surface area contributed by atoms with Crippen LogP contribution in [0.4, 0.5) is 0 Å². The molecule has 1 aliphatic rings. The SMILES string of the molecule is c1csc(-c2cn[nH]c2C2CCNCC2)c1. The van der Waals surface area contributed by atoms with Gasteiger partial charge in [0.1, 0.15) is 0 Å². The highest BCUT2D eigenvalue weighted by atomic mass is 32.1. The molecule has 0 amide bonds. The zero-order valence-electron chi connectivity index (χ0n) is 9.07. The van der Waals surface area contributed by atoms with E-state index in [2.05, 4.69) is 33.0 Å². The summed E-state index contributed by atoms with van der Waals surface area (Å²) in [5.41, 5.74) is 2.62. The van der Waals surface area contributed by atoms with E-state index >= 15 is 0 Å². The summed E-state index contributed by atoms with van der Waals surface area (Å²) in [5.74, 6) is 0.640. The summed E-state index contributed by atoms with van der Waals surface area (Å²) in [4.78, 5) is 1.32. The Morgan fingerprint density at radius 1 is 1.31 bits per heavy atom. The molecule has 3 heterocycles. The molecule has 3 nitrogen and oxygen atoms in total. The number of thiophene rings is 1. The standard InChI is InChI=1S/C12H15N3S/c1-2-11(16-7-1)10-8-14-15-12(10)9-3-5-13-6-4-9/h1-2,7-9,13H,3-6H2,(H,14,15). The number of hydrogen-bond acceptors (Lipinski definition) is 3. The molecular formula is C12H15N3S. The predicted molar refractivity (Wildman–Crippen MR) is 66.7 cm³/mol. The summed E-state index contributed by atoms with van der Waals surface area (Å²) < 4.78 is 0. The van der Waals surface area contributed by atoms with Gasteiger partial charge in [0, 0.05) is 22.1 Å². The first-order chi connectivity index (χ1) is 7.95. The van der Waals surface area contributed by atoms with E-state index in [1.54, 1.807) is 11.3 Å². The minimum Gasteiger partial charge on any atom is -0.317 e. The van der Waals surface area contributed by atoms with Crippen LogP contribution in [0.5, 0.6) is 0 Å². The van der Waals surface area contributed by atoms with Crippen molar-refractivity contribution in [3.05, 3.63) is 29.4 Å². The second-order valence-corrected chi connectivity index (χ2v) is 5.15. The Labute approximate surface area is 98.9 Å². The van der Waals surface area contributed by atoms with E-state index in [0.29, 0.717) is 5.92 Å². The quantitative estimate of drug-likeness (QED) is 0.837. The highest BCUT2D eigenvalue weighted by Crippen LogP contribution is 2.34. The lowest BCUT2D eigenvalue weighted by Gasteiger charge is -2.22. The van der Waals surface area contributed by atoms with E-state index in [1.165, 1.54) is 29.0 Å². The maximum Gasteiger partial charge on any atom is 0.0577 e. The molecule has 4 heteroatoms. The molecule has 0 saturated carbocycles. The zero-order chi connectivity index (χ0) is 10.8. The van der Waals surface area contributed by atoms with Crippen LogP contribution in [0, 0.1) is 0 Å². The third kappa shape index (κ3) is 1.79. The van der Waals surface area contributed by atoms with Crippen molar-refractivity contribution in [2.24, 2.45) is 0 Å². The molecule has 3 rings (SSSR count). The van der Waals surface area contributed by atoms with Crippen molar-refractivity contribution < 1.29 is 0 Å². The van der Waals surface area contributed by atoms with Gasteiger partial charge in [-0.15, -0.1) is 11.3 Å². The van der Waals surface area contributed by atoms with Crippen molar-refractivity contribution in [1.29, 1.82) is 0 Å². The fourth-order valence-corrected chi connectivity index (χ4v) is 3.10. The van der Waals surface area contributed by atoms with Crippen molar-refractivity contribution in [3.8, 4) is 10.4 Å². The van der Waals surface area contributed by atoms with E-state index in [0.717, 1.165) is 13.1 Å². The molecule has 84 valence electrons. The van der Waals surface area contributed by atoms with Gasteiger partial charge in [-0.25, -0.2) is 0 Å². The van der Waals surface area contributed by atoms with Crippen LogP contribution in [-0.4, -0.2) is 23.3 Å². The van der Waals surface area contributed by atoms with Crippen LogP contribution in [0.2, 0.25) is 0 Å². The fraction of sp³-hybridized carbons (Fsp3) is 0.417. The largest absolute Gasteiger partial charge is 0.317 e. The Morgan fingerprint density at radius 2 is 2.19 bits per heavy atom. The van der Waals surface area contributed by atoms with Crippen molar-refractivity contribution in [2.45, 2.75) is 18.8 Å². The Bertz CT molecular complexity index is 441. The fourth-order valence-electron chi connectivity index (χ4n) is 2.35. The van der Waals surface area contributed by atoms with Crippen LogP contribution >= 0.6 is 11.3 Å². The Balaban J connectivity index is 1.92. The van der Waals surface area contributed by atoms with Gasteiger partial charge >= 0.3 is 0 Å². The molecule has 0 unspecified atom stereocenters. The topological polar surface area (TPSA) is 40.7 Å². The van der Waals surface area contributed by atoms with Gasteiger partial charge in [0.15, 0.2) is 0 Å². The molecule has 1 fully saturated rings. The number of aromatic amines is 1. The molecule has 0 radical (unpaired) electrons. The van der Waals surface area contributed by atoms with E-state index in [4.69, 9.17) is 0 Å². The molecule has 16 heavy (non-hydrogen) atoms. The predicted octanol–water partition coefficient (Wildman–Crippen LogP) is 2.61. The van der Waals surface area contributed by atoms with Crippen LogP contribution in [0.1, 0.15) is 24.5 Å². The highest BCUT2D eigenvalue weighted by Gasteiger charge is 2.20. The first kappa shape index (κ1) is 10.1. The number of rotatable bonds is 2. The van der Waals surface area contributed by atoms with E-state index in [1.807, 2.05) is 6.20 Å². The maximum absolute atomic E-state index is 4.21. The second-order valence-electron chi connectivity index (χ2n) is 4.20.